The van der Waals surface area contributed by atoms with E-state index < -0.39 is 0 Å². The normalized spacial score (nSPS) is 11.5. The van der Waals surface area contributed by atoms with Crippen LogP contribution in [0.2, 0.25) is 0 Å². The van der Waals surface area contributed by atoms with Crippen LogP contribution in [0.25, 0.3) is 17.3 Å². The summed E-state index contributed by atoms with van der Waals surface area (Å²) < 4.78 is 7.05. The Labute approximate surface area is 180 Å². The minimum atomic E-state index is -0.239. The molecule has 3 aromatic heterocycles. The first kappa shape index (κ1) is 20.5. The van der Waals surface area contributed by atoms with Gasteiger partial charge in [0, 0.05) is 24.4 Å². The molecule has 4 aromatic rings. The van der Waals surface area contributed by atoms with Gasteiger partial charge in [-0.15, -0.1) is 0 Å². The highest BCUT2D eigenvalue weighted by Gasteiger charge is 2.21. The highest BCUT2D eigenvalue weighted by molar-refractivity contribution is 5.92. The van der Waals surface area contributed by atoms with Crippen LogP contribution in [0.3, 0.4) is 0 Å². The summed E-state index contributed by atoms with van der Waals surface area (Å²) in [7, 11) is 0. The van der Waals surface area contributed by atoms with Crippen LogP contribution in [0.1, 0.15) is 48.2 Å². The Kier molecular flexibility index (Phi) is 5.37. The SMILES string of the molecule is Cc1ccc(CNC(=O)c2cn(-c3ccc(-c4nc(C(C)(C)C)no4)cn3)cn2)cc1. The quantitative estimate of drug-likeness (QED) is 0.530. The zero-order valence-electron chi connectivity index (χ0n) is 18.0. The third kappa shape index (κ3) is 4.69. The van der Waals surface area contributed by atoms with Crippen molar-refractivity contribution in [3.8, 4) is 17.3 Å². The molecule has 3 heterocycles. The third-order valence-electron chi connectivity index (χ3n) is 4.75. The van der Waals surface area contributed by atoms with Gasteiger partial charge in [-0.2, -0.15) is 4.98 Å². The fourth-order valence-electron chi connectivity index (χ4n) is 2.85. The highest BCUT2D eigenvalue weighted by Crippen LogP contribution is 2.23. The lowest BCUT2D eigenvalue weighted by atomic mass is 9.96. The predicted octanol–water partition coefficient (Wildman–Crippen LogP) is 3.85. The minimum Gasteiger partial charge on any atom is -0.347 e. The van der Waals surface area contributed by atoms with Gasteiger partial charge in [0.05, 0.1) is 5.56 Å². The van der Waals surface area contributed by atoms with E-state index in [1.54, 1.807) is 23.3 Å². The first-order valence-corrected chi connectivity index (χ1v) is 9.98. The van der Waals surface area contributed by atoms with Crippen molar-refractivity contribution in [3.63, 3.8) is 0 Å². The summed E-state index contributed by atoms with van der Waals surface area (Å²) in [5, 5.41) is 6.92. The second-order valence-corrected chi connectivity index (χ2v) is 8.41. The van der Waals surface area contributed by atoms with Gasteiger partial charge in [-0.05, 0) is 24.6 Å². The smallest absolute Gasteiger partial charge is 0.271 e. The van der Waals surface area contributed by atoms with E-state index >= 15 is 0 Å². The highest BCUT2D eigenvalue weighted by atomic mass is 16.5. The number of carbonyl (C=O) groups excluding carboxylic acids is 1. The molecule has 8 heteroatoms. The first-order valence-electron chi connectivity index (χ1n) is 9.98. The number of hydrogen-bond donors (Lipinski definition) is 1. The van der Waals surface area contributed by atoms with E-state index in [0.29, 0.717) is 29.8 Å². The lowest BCUT2D eigenvalue weighted by Gasteiger charge is -2.10. The number of pyridine rings is 1. The van der Waals surface area contributed by atoms with Crippen molar-refractivity contribution < 1.29 is 9.32 Å². The number of nitrogens with zero attached hydrogens (tertiary/aromatic N) is 5. The molecule has 4 rings (SSSR count). The van der Waals surface area contributed by atoms with Crippen LogP contribution >= 0.6 is 0 Å². The molecule has 0 atom stereocenters. The molecular weight excluding hydrogens is 392 g/mol. The van der Waals surface area contributed by atoms with Crippen molar-refractivity contribution in [2.45, 2.75) is 39.7 Å². The zero-order valence-corrected chi connectivity index (χ0v) is 18.0. The molecule has 1 N–H and O–H groups in total. The van der Waals surface area contributed by atoms with Crippen LogP contribution in [0.4, 0.5) is 0 Å². The van der Waals surface area contributed by atoms with E-state index in [9.17, 15) is 4.79 Å². The van der Waals surface area contributed by atoms with Gasteiger partial charge in [0.25, 0.3) is 11.8 Å². The number of carbonyl (C=O) groups is 1. The molecule has 1 amide bonds. The molecule has 0 saturated carbocycles. The maximum Gasteiger partial charge on any atom is 0.271 e. The fourth-order valence-corrected chi connectivity index (χ4v) is 2.85. The number of aryl methyl sites for hydroxylation is 1. The van der Waals surface area contributed by atoms with E-state index in [1.165, 1.54) is 5.56 Å². The van der Waals surface area contributed by atoms with Crippen molar-refractivity contribution in [1.82, 2.24) is 30.0 Å². The topological polar surface area (TPSA) is 98.7 Å². The summed E-state index contributed by atoms with van der Waals surface area (Å²) in [6.45, 7) is 8.55. The zero-order chi connectivity index (χ0) is 22.0. The molecule has 0 bridgehead atoms. The van der Waals surface area contributed by atoms with Crippen molar-refractivity contribution >= 4 is 5.91 Å². The summed E-state index contributed by atoms with van der Waals surface area (Å²) in [6, 6.07) is 11.7. The lowest BCUT2D eigenvalue weighted by molar-refractivity contribution is 0.0946. The Hall–Kier alpha value is -3.81. The molecule has 0 aliphatic carbocycles. The summed E-state index contributed by atoms with van der Waals surface area (Å²) in [5.74, 6) is 1.45. The molecule has 0 aliphatic heterocycles. The van der Waals surface area contributed by atoms with E-state index in [1.807, 2.05) is 64.1 Å². The van der Waals surface area contributed by atoms with Gasteiger partial charge in [0.1, 0.15) is 17.8 Å². The van der Waals surface area contributed by atoms with Crippen LogP contribution in [-0.2, 0) is 12.0 Å². The third-order valence-corrected chi connectivity index (χ3v) is 4.75. The van der Waals surface area contributed by atoms with Gasteiger partial charge in [0.15, 0.2) is 5.82 Å². The van der Waals surface area contributed by atoms with Crippen molar-refractivity contribution in [2.24, 2.45) is 0 Å². The van der Waals surface area contributed by atoms with Crippen LogP contribution in [0.15, 0.2) is 59.6 Å². The maximum atomic E-state index is 12.4. The molecule has 1 aromatic carbocycles. The summed E-state index contributed by atoms with van der Waals surface area (Å²) >= 11 is 0. The molecule has 0 fully saturated rings. The van der Waals surface area contributed by atoms with Crippen LogP contribution in [0.5, 0.6) is 0 Å². The fraction of sp³-hybridized carbons (Fsp3) is 0.261. The van der Waals surface area contributed by atoms with Crippen LogP contribution in [0, 0.1) is 6.92 Å². The molecule has 0 spiro atoms. The summed E-state index contributed by atoms with van der Waals surface area (Å²) in [6.07, 6.45) is 4.87. The van der Waals surface area contributed by atoms with Crippen LogP contribution in [-0.4, -0.2) is 30.6 Å². The number of nitrogens with one attached hydrogen (secondary N) is 1. The van der Waals surface area contributed by atoms with E-state index in [4.69, 9.17) is 4.52 Å². The first-order chi connectivity index (χ1) is 14.8. The summed E-state index contributed by atoms with van der Waals surface area (Å²) in [4.78, 5) is 25.5. The lowest BCUT2D eigenvalue weighted by Crippen LogP contribution is -2.23. The maximum absolute atomic E-state index is 12.4. The van der Waals surface area contributed by atoms with Crippen molar-refractivity contribution in [3.05, 3.63) is 77.8 Å². The number of aromatic nitrogens is 5. The van der Waals surface area contributed by atoms with E-state index in [-0.39, 0.29) is 11.3 Å². The molecule has 158 valence electrons. The number of imidazole rings is 1. The molecular formula is C23H24N6O2. The average molecular weight is 416 g/mol. The van der Waals surface area contributed by atoms with Gasteiger partial charge in [-0.3, -0.25) is 9.36 Å². The monoisotopic (exact) mass is 416 g/mol. The predicted molar refractivity (Wildman–Crippen MR) is 116 cm³/mol. The van der Waals surface area contributed by atoms with Gasteiger partial charge in [0.2, 0.25) is 0 Å². The van der Waals surface area contributed by atoms with Gasteiger partial charge >= 0.3 is 0 Å². The Balaban J connectivity index is 1.43. The second kappa shape index (κ2) is 8.14. The van der Waals surface area contributed by atoms with Gasteiger partial charge in [-0.25, -0.2) is 9.97 Å². The van der Waals surface area contributed by atoms with Crippen molar-refractivity contribution in [1.29, 1.82) is 0 Å². The number of benzene rings is 1. The minimum absolute atomic E-state index is 0.192. The second-order valence-electron chi connectivity index (χ2n) is 8.41. The molecule has 8 nitrogen and oxygen atoms in total. The largest absolute Gasteiger partial charge is 0.347 e. The molecule has 0 aliphatic rings. The van der Waals surface area contributed by atoms with E-state index in [2.05, 4.69) is 25.4 Å². The Morgan fingerprint density at radius 3 is 2.52 bits per heavy atom. The standard InChI is InChI=1S/C23H24N6O2/c1-15-5-7-16(8-6-15)11-25-20(30)18-13-29(14-26-18)19-10-9-17(12-24-19)21-27-22(28-31-21)23(2,3)4/h5-10,12-14H,11H2,1-4H3,(H,25,30). The van der Waals surface area contributed by atoms with Crippen molar-refractivity contribution in [2.75, 3.05) is 0 Å². The van der Waals surface area contributed by atoms with Crippen LogP contribution < -0.4 is 5.32 Å². The Morgan fingerprint density at radius 1 is 1.10 bits per heavy atom. The molecule has 0 unspecified atom stereocenters. The number of hydrogen-bond acceptors (Lipinski definition) is 6. The number of rotatable bonds is 5. The average Bonchev–Trinajstić information content (AvgIpc) is 3.43. The Morgan fingerprint density at radius 2 is 1.87 bits per heavy atom. The molecule has 31 heavy (non-hydrogen) atoms. The molecule has 0 saturated heterocycles. The van der Waals surface area contributed by atoms with E-state index in [0.717, 1.165) is 11.1 Å². The number of amides is 1. The van der Waals surface area contributed by atoms with Gasteiger partial charge in [-0.1, -0.05) is 55.8 Å². The van der Waals surface area contributed by atoms with Gasteiger partial charge < -0.3 is 9.84 Å². The summed E-state index contributed by atoms with van der Waals surface area (Å²) in [5.41, 5.74) is 3.07. The molecule has 0 radical (unpaired) electrons. The Bertz CT molecular complexity index is 1180.